The summed E-state index contributed by atoms with van der Waals surface area (Å²) in [6.45, 7) is 1.86. The third-order valence-corrected chi connectivity index (χ3v) is 4.84. The number of nitrogens with zero attached hydrogens (tertiary/aromatic N) is 1. The second-order valence-corrected chi connectivity index (χ2v) is 6.70. The third-order valence-electron chi connectivity index (χ3n) is 4.84. The van der Waals surface area contributed by atoms with Crippen LogP contribution in [0.3, 0.4) is 0 Å². The van der Waals surface area contributed by atoms with Crippen LogP contribution in [0.4, 0.5) is 4.39 Å². The van der Waals surface area contributed by atoms with Gasteiger partial charge in [0.05, 0.1) is 18.0 Å². The average molecular weight is 326 g/mol. The number of fused-ring (bicyclic) bond motifs is 1. The molecule has 2 unspecified atom stereocenters. The first kappa shape index (κ1) is 16.7. The van der Waals surface area contributed by atoms with Gasteiger partial charge in [0.2, 0.25) is 5.91 Å². The number of benzene rings is 2. The van der Waals surface area contributed by atoms with Crippen LogP contribution in [0.25, 0.3) is 0 Å². The Morgan fingerprint density at radius 1 is 1.17 bits per heavy atom. The highest BCUT2D eigenvalue weighted by Gasteiger charge is 2.35. The van der Waals surface area contributed by atoms with Gasteiger partial charge >= 0.3 is 0 Å². The molecule has 126 valence electrons. The maximum absolute atomic E-state index is 13.1. The molecule has 1 amide bonds. The molecule has 2 aromatic rings. The second kappa shape index (κ2) is 6.73. The molecule has 0 aromatic heterocycles. The molecule has 3 nitrogen and oxygen atoms in total. The molecule has 0 radical (unpaired) electrons. The first-order valence-electron chi connectivity index (χ1n) is 8.27. The highest BCUT2D eigenvalue weighted by molar-refractivity contribution is 5.83. The number of nitrogens with one attached hydrogen (secondary N) is 1. The van der Waals surface area contributed by atoms with Crippen LogP contribution in [-0.2, 0) is 11.2 Å². The van der Waals surface area contributed by atoms with Gasteiger partial charge in [-0.05, 0) is 56.3 Å². The SMILES string of the molecule is C[C@H](C(=O)NC1Cc2ccccc2C1N(C)C)c1ccc(F)cc1. The summed E-state index contributed by atoms with van der Waals surface area (Å²) in [5, 5.41) is 3.20. The molecule has 1 N–H and O–H groups in total. The van der Waals surface area contributed by atoms with Gasteiger partial charge in [-0.2, -0.15) is 0 Å². The van der Waals surface area contributed by atoms with Gasteiger partial charge < -0.3 is 10.2 Å². The smallest absolute Gasteiger partial charge is 0.227 e. The fourth-order valence-corrected chi connectivity index (χ4v) is 3.55. The number of carbonyl (C=O) groups excluding carboxylic acids is 1. The van der Waals surface area contributed by atoms with Crippen LogP contribution < -0.4 is 5.32 Å². The lowest BCUT2D eigenvalue weighted by Gasteiger charge is -2.28. The first-order valence-corrected chi connectivity index (χ1v) is 8.27. The minimum atomic E-state index is -0.308. The van der Waals surface area contributed by atoms with Crippen LogP contribution in [-0.4, -0.2) is 30.9 Å². The van der Waals surface area contributed by atoms with Crippen LogP contribution in [0.1, 0.15) is 35.6 Å². The lowest BCUT2D eigenvalue weighted by Crippen LogP contribution is -2.43. The Morgan fingerprint density at radius 3 is 2.50 bits per heavy atom. The number of hydrogen-bond acceptors (Lipinski definition) is 2. The topological polar surface area (TPSA) is 32.3 Å². The second-order valence-electron chi connectivity index (χ2n) is 6.70. The number of likely N-dealkylation sites (N-methyl/N-ethyl adjacent to an activating group) is 1. The molecule has 0 fully saturated rings. The van der Waals surface area contributed by atoms with Crippen molar-refractivity contribution in [3.63, 3.8) is 0 Å². The quantitative estimate of drug-likeness (QED) is 0.935. The van der Waals surface area contributed by atoms with Crippen LogP contribution in [0.2, 0.25) is 0 Å². The molecule has 24 heavy (non-hydrogen) atoms. The standard InChI is InChI=1S/C20H23FN2O/c1-13(14-8-10-16(21)11-9-14)20(24)22-18-12-15-6-4-5-7-17(15)19(18)23(2)3/h4-11,13,18-19H,12H2,1-3H3,(H,22,24)/t13-,18?,19?/m0/s1. The van der Waals surface area contributed by atoms with Gasteiger partial charge in [-0.1, -0.05) is 36.4 Å². The van der Waals surface area contributed by atoms with Crippen molar-refractivity contribution < 1.29 is 9.18 Å². The van der Waals surface area contributed by atoms with E-state index in [1.807, 2.05) is 33.2 Å². The Bertz CT molecular complexity index is 727. The molecule has 0 saturated heterocycles. The van der Waals surface area contributed by atoms with Gasteiger partial charge in [-0.3, -0.25) is 4.79 Å². The summed E-state index contributed by atoms with van der Waals surface area (Å²) < 4.78 is 13.1. The van der Waals surface area contributed by atoms with E-state index < -0.39 is 0 Å². The van der Waals surface area contributed by atoms with Crippen molar-refractivity contribution in [3.05, 3.63) is 71.0 Å². The van der Waals surface area contributed by atoms with Crippen LogP contribution in [0.5, 0.6) is 0 Å². The summed E-state index contributed by atoms with van der Waals surface area (Å²) in [7, 11) is 4.07. The summed E-state index contributed by atoms with van der Waals surface area (Å²) in [6, 6.07) is 14.7. The minimum absolute atomic E-state index is 0.0220. The molecule has 0 spiro atoms. The molecule has 3 rings (SSSR count). The lowest BCUT2D eigenvalue weighted by atomic mass is 9.99. The molecule has 4 heteroatoms. The summed E-state index contributed by atoms with van der Waals surface area (Å²) in [5.74, 6) is -0.617. The summed E-state index contributed by atoms with van der Waals surface area (Å²) >= 11 is 0. The third kappa shape index (κ3) is 3.20. The van der Waals surface area contributed by atoms with Gasteiger partial charge in [0, 0.05) is 0 Å². The zero-order valence-corrected chi connectivity index (χ0v) is 14.3. The fraction of sp³-hybridized carbons (Fsp3) is 0.350. The highest BCUT2D eigenvalue weighted by atomic mass is 19.1. The maximum Gasteiger partial charge on any atom is 0.227 e. The number of hydrogen-bond donors (Lipinski definition) is 1. The predicted octanol–water partition coefficient (Wildman–Crippen LogP) is 3.27. The molecule has 0 saturated carbocycles. The average Bonchev–Trinajstić information content (AvgIpc) is 2.92. The highest BCUT2D eigenvalue weighted by Crippen LogP contribution is 2.35. The van der Waals surface area contributed by atoms with E-state index in [1.165, 1.54) is 23.3 Å². The summed E-state index contributed by atoms with van der Waals surface area (Å²) in [6.07, 6.45) is 0.834. The van der Waals surface area contributed by atoms with E-state index in [0.717, 1.165) is 12.0 Å². The van der Waals surface area contributed by atoms with Crippen molar-refractivity contribution in [1.29, 1.82) is 0 Å². The summed E-state index contributed by atoms with van der Waals surface area (Å²) in [4.78, 5) is 14.8. The monoisotopic (exact) mass is 326 g/mol. The van der Waals surface area contributed by atoms with Crippen molar-refractivity contribution in [2.75, 3.05) is 14.1 Å². The lowest BCUT2D eigenvalue weighted by molar-refractivity contribution is -0.123. The summed E-state index contributed by atoms with van der Waals surface area (Å²) in [5.41, 5.74) is 3.39. The zero-order chi connectivity index (χ0) is 17.3. The van der Waals surface area contributed by atoms with E-state index in [1.54, 1.807) is 12.1 Å². The van der Waals surface area contributed by atoms with Crippen LogP contribution >= 0.6 is 0 Å². The number of amides is 1. The van der Waals surface area contributed by atoms with Gasteiger partial charge in [0.25, 0.3) is 0 Å². The Balaban J connectivity index is 1.75. The number of carbonyl (C=O) groups is 1. The maximum atomic E-state index is 13.1. The van der Waals surface area contributed by atoms with Crippen molar-refractivity contribution >= 4 is 5.91 Å². The Morgan fingerprint density at radius 2 is 1.83 bits per heavy atom. The molecule has 1 aliphatic rings. The molecule has 0 heterocycles. The molecule has 0 aliphatic heterocycles. The van der Waals surface area contributed by atoms with E-state index in [9.17, 15) is 9.18 Å². The van der Waals surface area contributed by atoms with Crippen molar-refractivity contribution in [3.8, 4) is 0 Å². The van der Waals surface area contributed by atoms with E-state index in [0.29, 0.717) is 0 Å². The van der Waals surface area contributed by atoms with Crippen molar-refractivity contribution in [2.45, 2.75) is 31.3 Å². The molecular formula is C20H23FN2O. The van der Waals surface area contributed by atoms with Crippen molar-refractivity contribution in [1.82, 2.24) is 10.2 Å². The van der Waals surface area contributed by atoms with Crippen LogP contribution in [0.15, 0.2) is 48.5 Å². The Hall–Kier alpha value is -2.20. The molecular weight excluding hydrogens is 303 g/mol. The van der Waals surface area contributed by atoms with Crippen molar-refractivity contribution in [2.24, 2.45) is 0 Å². The van der Waals surface area contributed by atoms with Gasteiger partial charge in [0.15, 0.2) is 0 Å². The van der Waals surface area contributed by atoms with E-state index in [4.69, 9.17) is 0 Å². The first-order chi connectivity index (χ1) is 11.5. The predicted molar refractivity (Wildman–Crippen MR) is 93.3 cm³/mol. The molecule has 1 aliphatic carbocycles. The number of halogens is 1. The number of rotatable bonds is 4. The van der Waals surface area contributed by atoms with Gasteiger partial charge in [-0.25, -0.2) is 4.39 Å². The largest absolute Gasteiger partial charge is 0.351 e. The Labute approximate surface area is 142 Å². The van der Waals surface area contributed by atoms with E-state index >= 15 is 0 Å². The molecule has 3 atom stereocenters. The molecule has 2 aromatic carbocycles. The zero-order valence-electron chi connectivity index (χ0n) is 14.3. The van der Waals surface area contributed by atoms with E-state index in [2.05, 4.69) is 22.3 Å². The fourth-order valence-electron chi connectivity index (χ4n) is 3.55. The minimum Gasteiger partial charge on any atom is -0.351 e. The van der Waals surface area contributed by atoms with Gasteiger partial charge in [0.1, 0.15) is 5.82 Å². The normalized spacial score (nSPS) is 20.7. The molecule has 0 bridgehead atoms. The Kier molecular flexibility index (Phi) is 4.67. The van der Waals surface area contributed by atoms with Gasteiger partial charge in [-0.15, -0.1) is 0 Å². The van der Waals surface area contributed by atoms with E-state index in [-0.39, 0.29) is 29.7 Å². The van der Waals surface area contributed by atoms with Crippen LogP contribution in [0, 0.1) is 5.82 Å².